The third-order valence-electron chi connectivity index (χ3n) is 3.64. The van der Waals surface area contributed by atoms with E-state index >= 15 is 0 Å². The van der Waals surface area contributed by atoms with Crippen molar-refractivity contribution in [2.75, 3.05) is 5.32 Å². The van der Waals surface area contributed by atoms with Crippen LogP contribution in [0.4, 0.5) is 5.69 Å². The number of nitrogens with one attached hydrogen (secondary N) is 1. The lowest BCUT2D eigenvalue weighted by Gasteiger charge is -2.06. The molecule has 0 fully saturated rings. The molecule has 1 heterocycles. The van der Waals surface area contributed by atoms with Gasteiger partial charge >= 0.3 is 0 Å². The van der Waals surface area contributed by atoms with E-state index in [1.54, 1.807) is 0 Å². The van der Waals surface area contributed by atoms with Gasteiger partial charge in [0.15, 0.2) is 11.7 Å². The molecule has 0 bridgehead atoms. The topological polar surface area (TPSA) is 76.4 Å². The Labute approximate surface area is 164 Å². The summed E-state index contributed by atoms with van der Waals surface area (Å²) in [5, 5.41) is 7.13. The molecule has 1 aromatic heterocycles. The zero-order chi connectivity index (χ0) is 16.8. The number of aliphatic imine (C=N–C) groups is 1. The Bertz CT molecular complexity index is 830. The summed E-state index contributed by atoms with van der Waals surface area (Å²) in [5.74, 6) is 1.08. The SMILES string of the molecule is CCc1cccc(NC(N)=NCc2cc(-c3ccccc3)on2)c1.I. The van der Waals surface area contributed by atoms with Crippen molar-refractivity contribution in [1.82, 2.24) is 5.16 Å². The lowest BCUT2D eigenvalue weighted by atomic mass is 10.1. The van der Waals surface area contributed by atoms with Crippen molar-refractivity contribution < 1.29 is 4.52 Å². The summed E-state index contributed by atoms with van der Waals surface area (Å²) in [6.07, 6.45) is 0.980. The van der Waals surface area contributed by atoms with Gasteiger partial charge in [0.25, 0.3) is 0 Å². The zero-order valence-electron chi connectivity index (χ0n) is 14.0. The smallest absolute Gasteiger partial charge is 0.193 e. The third-order valence-corrected chi connectivity index (χ3v) is 3.64. The summed E-state index contributed by atoms with van der Waals surface area (Å²) in [5.41, 5.74) is 9.85. The Hall–Kier alpha value is -2.35. The monoisotopic (exact) mass is 448 g/mol. The number of nitrogens with two attached hydrogens (primary N) is 1. The number of rotatable bonds is 5. The van der Waals surface area contributed by atoms with Crippen LogP contribution in [0.1, 0.15) is 18.2 Å². The van der Waals surface area contributed by atoms with Crippen LogP contribution in [-0.2, 0) is 13.0 Å². The quantitative estimate of drug-likeness (QED) is 0.344. The molecule has 0 aliphatic heterocycles. The summed E-state index contributed by atoms with van der Waals surface area (Å²) in [7, 11) is 0. The number of benzene rings is 2. The maximum Gasteiger partial charge on any atom is 0.193 e. The second-order valence-electron chi connectivity index (χ2n) is 5.43. The van der Waals surface area contributed by atoms with Gasteiger partial charge in [0.1, 0.15) is 5.69 Å². The Kier molecular flexibility index (Phi) is 7.00. The third kappa shape index (κ3) is 5.32. The summed E-state index contributed by atoms with van der Waals surface area (Å²) in [6, 6.07) is 19.8. The molecular weight excluding hydrogens is 427 g/mol. The summed E-state index contributed by atoms with van der Waals surface area (Å²) in [4.78, 5) is 4.31. The molecule has 0 radical (unpaired) electrons. The van der Waals surface area contributed by atoms with Gasteiger partial charge in [0, 0.05) is 17.3 Å². The van der Waals surface area contributed by atoms with E-state index in [1.165, 1.54) is 5.56 Å². The number of aryl methyl sites for hydroxylation is 1. The number of guanidine groups is 1. The second-order valence-corrected chi connectivity index (χ2v) is 5.43. The molecular formula is C19H21IN4O. The van der Waals surface area contributed by atoms with E-state index in [-0.39, 0.29) is 24.0 Å². The lowest BCUT2D eigenvalue weighted by molar-refractivity contribution is 0.424. The van der Waals surface area contributed by atoms with Crippen LogP contribution < -0.4 is 11.1 Å². The van der Waals surface area contributed by atoms with Crippen LogP contribution in [0.25, 0.3) is 11.3 Å². The van der Waals surface area contributed by atoms with E-state index in [2.05, 4.69) is 34.5 Å². The maximum atomic E-state index is 5.94. The van der Waals surface area contributed by atoms with Crippen LogP contribution in [0.5, 0.6) is 0 Å². The first-order valence-electron chi connectivity index (χ1n) is 7.91. The van der Waals surface area contributed by atoms with E-state index in [1.807, 2.05) is 48.5 Å². The molecule has 5 nitrogen and oxygen atoms in total. The van der Waals surface area contributed by atoms with Gasteiger partial charge in [-0.05, 0) is 24.1 Å². The first-order valence-corrected chi connectivity index (χ1v) is 7.91. The second kappa shape index (κ2) is 9.22. The standard InChI is InChI=1S/C19H20N4O.HI/c1-2-14-7-6-10-16(11-14)22-19(20)21-13-17-12-18(24-23-17)15-8-4-3-5-9-15;/h3-12H,2,13H2,1H3,(H3,20,21,22);1H. The van der Waals surface area contributed by atoms with Crippen molar-refractivity contribution in [3.8, 4) is 11.3 Å². The lowest BCUT2D eigenvalue weighted by Crippen LogP contribution is -2.22. The van der Waals surface area contributed by atoms with Crippen molar-refractivity contribution in [3.63, 3.8) is 0 Å². The highest BCUT2D eigenvalue weighted by molar-refractivity contribution is 14.0. The van der Waals surface area contributed by atoms with Crippen LogP contribution >= 0.6 is 24.0 Å². The molecule has 3 rings (SSSR count). The van der Waals surface area contributed by atoms with Crippen LogP contribution in [0.2, 0.25) is 0 Å². The predicted octanol–water partition coefficient (Wildman–Crippen LogP) is 4.45. The van der Waals surface area contributed by atoms with Crippen LogP contribution in [-0.4, -0.2) is 11.1 Å². The van der Waals surface area contributed by atoms with Crippen molar-refractivity contribution in [1.29, 1.82) is 0 Å². The minimum absolute atomic E-state index is 0. The maximum absolute atomic E-state index is 5.94. The van der Waals surface area contributed by atoms with Crippen molar-refractivity contribution in [3.05, 3.63) is 71.9 Å². The molecule has 0 spiro atoms. The van der Waals surface area contributed by atoms with Gasteiger partial charge in [0.05, 0.1) is 6.54 Å². The van der Waals surface area contributed by atoms with E-state index in [0.29, 0.717) is 12.5 Å². The number of anilines is 1. The van der Waals surface area contributed by atoms with E-state index in [4.69, 9.17) is 10.3 Å². The zero-order valence-corrected chi connectivity index (χ0v) is 16.3. The molecule has 0 aliphatic rings. The normalized spacial score (nSPS) is 11.0. The van der Waals surface area contributed by atoms with Crippen molar-refractivity contribution in [2.24, 2.45) is 10.7 Å². The van der Waals surface area contributed by atoms with E-state index in [9.17, 15) is 0 Å². The molecule has 3 aromatic rings. The molecule has 130 valence electrons. The Morgan fingerprint density at radius 3 is 2.68 bits per heavy atom. The van der Waals surface area contributed by atoms with Crippen LogP contribution in [0, 0.1) is 0 Å². The van der Waals surface area contributed by atoms with Gasteiger partial charge in [-0.15, -0.1) is 24.0 Å². The Morgan fingerprint density at radius 2 is 1.92 bits per heavy atom. The molecule has 0 unspecified atom stereocenters. The van der Waals surface area contributed by atoms with Gasteiger partial charge in [0.2, 0.25) is 0 Å². The van der Waals surface area contributed by atoms with Gasteiger partial charge in [-0.25, -0.2) is 4.99 Å². The summed E-state index contributed by atoms with van der Waals surface area (Å²) < 4.78 is 5.35. The van der Waals surface area contributed by atoms with Crippen molar-refractivity contribution in [2.45, 2.75) is 19.9 Å². The van der Waals surface area contributed by atoms with Gasteiger partial charge in [-0.2, -0.15) is 0 Å². The molecule has 2 aromatic carbocycles. The fourth-order valence-corrected chi connectivity index (χ4v) is 2.35. The largest absolute Gasteiger partial charge is 0.370 e. The molecule has 6 heteroatoms. The van der Waals surface area contributed by atoms with Gasteiger partial charge in [-0.3, -0.25) is 0 Å². The molecule has 25 heavy (non-hydrogen) atoms. The first-order chi connectivity index (χ1) is 11.7. The highest BCUT2D eigenvalue weighted by Crippen LogP contribution is 2.20. The highest BCUT2D eigenvalue weighted by atomic mass is 127. The number of aromatic nitrogens is 1. The molecule has 0 aliphatic carbocycles. The Morgan fingerprint density at radius 1 is 1.12 bits per heavy atom. The molecule has 0 saturated heterocycles. The molecule has 0 amide bonds. The molecule has 0 atom stereocenters. The number of nitrogens with zero attached hydrogens (tertiary/aromatic N) is 2. The molecule has 3 N–H and O–H groups in total. The van der Waals surface area contributed by atoms with Gasteiger partial charge < -0.3 is 15.6 Å². The molecule has 0 saturated carbocycles. The first kappa shape index (κ1) is 19.0. The van der Waals surface area contributed by atoms with E-state index < -0.39 is 0 Å². The number of hydrogen-bond donors (Lipinski definition) is 2. The fraction of sp³-hybridized carbons (Fsp3) is 0.158. The summed E-state index contributed by atoms with van der Waals surface area (Å²) >= 11 is 0. The van der Waals surface area contributed by atoms with E-state index in [0.717, 1.165) is 29.1 Å². The number of halogens is 1. The van der Waals surface area contributed by atoms with Gasteiger partial charge in [-0.1, -0.05) is 54.5 Å². The fourth-order valence-electron chi connectivity index (χ4n) is 2.35. The average Bonchev–Trinajstić information content (AvgIpc) is 3.10. The predicted molar refractivity (Wildman–Crippen MR) is 112 cm³/mol. The average molecular weight is 448 g/mol. The van der Waals surface area contributed by atoms with Crippen molar-refractivity contribution >= 4 is 35.6 Å². The van der Waals surface area contributed by atoms with Crippen LogP contribution in [0.15, 0.2) is 70.2 Å². The highest BCUT2D eigenvalue weighted by Gasteiger charge is 2.06. The van der Waals surface area contributed by atoms with Crippen LogP contribution in [0.3, 0.4) is 0 Å². The minimum Gasteiger partial charge on any atom is -0.370 e. The Balaban J connectivity index is 0.00000225. The summed E-state index contributed by atoms with van der Waals surface area (Å²) in [6.45, 7) is 2.48. The number of hydrogen-bond acceptors (Lipinski definition) is 3. The minimum atomic E-state index is 0.